The van der Waals surface area contributed by atoms with Gasteiger partial charge in [-0.15, -0.1) is 0 Å². The van der Waals surface area contributed by atoms with Crippen molar-refractivity contribution in [1.82, 2.24) is 4.57 Å². The number of carbonyl (C=O) groups is 1. The van der Waals surface area contributed by atoms with E-state index in [2.05, 4.69) is 28.8 Å². The number of hydrogen-bond acceptors (Lipinski definition) is 2. The van der Waals surface area contributed by atoms with Gasteiger partial charge in [-0.05, 0) is 53.5 Å². The van der Waals surface area contributed by atoms with Crippen LogP contribution in [0.5, 0.6) is 0 Å². The van der Waals surface area contributed by atoms with Gasteiger partial charge in [0.25, 0.3) is 0 Å². The lowest BCUT2D eigenvalue weighted by Crippen LogP contribution is -2.07. The van der Waals surface area contributed by atoms with Crippen molar-refractivity contribution in [1.29, 1.82) is 0 Å². The molecule has 0 atom stereocenters. The lowest BCUT2D eigenvalue weighted by molar-refractivity contribution is 0.0685. The minimum absolute atomic E-state index is 0.397. The number of aromatic nitrogens is 1. The van der Waals surface area contributed by atoms with Crippen LogP contribution in [-0.2, 0) is 6.54 Å². The van der Waals surface area contributed by atoms with Crippen molar-refractivity contribution in [3.8, 4) is 0 Å². The van der Waals surface area contributed by atoms with E-state index in [0.717, 1.165) is 23.0 Å². The SMILES string of the molecule is CSCCCCCn1cc(I)cc1C(=O)O. The largest absolute Gasteiger partial charge is 0.477 e. The average molecular weight is 353 g/mol. The van der Waals surface area contributed by atoms with Crippen molar-refractivity contribution in [3.63, 3.8) is 0 Å². The lowest BCUT2D eigenvalue weighted by Gasteiger charge is -2.05. The topological polar surface area (TPSA) is 42.2 Å². The summed E-state index contributed by atoms with van der Waals surface area (Å²) in [6.07, 6.45) is 7.43. The maximum Gasteiger partial charge on any atom is 0.352 e. The van der Waals surface area contributed by atoms with Gasteiger partial charge in [0.15, 0.2) is 0 Å². The van der Waals surface area contributed by atoms with Gasteiger partial charge in [0.2, 0.25) is 0 Å². The van der Waals surface area contributed by atoms with Crippen LogP contribution in [0.2, 0.25) is 0 Å². The van der Waals surface area contributed by atoms with E-state index in [1.165, 1.54) is 12.2 Å². The maximum atomic E-state index is 10.9. The molecule has 1 aromatic heterocycles. The molecule has 0 aliphatic heterocycles. The van der Waals surface area contributed by atoms with Crippen molar-refractivity contribution >= 4 is 40.3 Å². The molecule has 90 valence electrons. The summed E-state index contributed by atoms with van der Waals surface area (Å²) >= 11 is 4.00. The van der Waals surface area contributed by atoms with Crippen LogP contribution in [0, 0.1) is 3.57 Å². The number of unbranched alkanes of at least 4 members (excludes halogenated alkanes) is 2. The van der Waals surface area contributed by atoms with Crippen LogP contribution >= 0.6 is 34.4 Å². The first-order valence-corrected chi connectivity index (χ1v) is 7.70. The first kappa shape index (κ1) is 13.9. The molecule has 0 aliphatic rings. The van der Waals surface area contributed by atoms with Gasteiger partial charge < -0.3 is 9.67 Å². The van der Waals surface area contributed by atoms with Crippen molar-refractivity contribution in [2.45, 2.75) is 25.8 Å². The van der Waals surface area contributed by atoms with E-state index in [-0.39, 0.29) is 0 Å². The smallest absolute Gasteiger partial charge is 0.352 e. The predicted molar refractivity (Wildman–Crippen MR) is 76.3 cm³/mol. The van der Waals surface area contributed by atoms with Crippen LogP contribution in [0.15, 0.2) is 12.3 Å². The number of rotatable bonds is 7. The van der Waals surface area contributed by atoms with E-state index in [0.29, 0.717) is 5.69 Å². The maximum absolute atomic E-state index is 10.9. The van der Waals surface area contributed by atoms with Crippen molar-refractivity contribution < 1.29 is 9.90 Å². The zero-order chi connectivity index (χ0) is 12.0. The van der Waals surface area contributed by atoms with Gasteiger partial charge in [0.05, 0.1) is 0 Å². The number of nitrogens with zero attached hydrogens (tertiary/aromatic N) is 1. The molecule has 0 aliphatic carbocycles. The predicted octanol–water partition coefficient (Wildman–Crippen LogP) is 3.32. The molecule has 5 heteroatoms. The van der Waals surface area contributed by atoms with Crippen molar-refractivity contribution in [2.75, 3.05) is 12.0 Å². The number of aryl methyl sites for hydroxylation is 1. The molecule has 1 aromatic rings. The minimum atomic E-state index is -0.841. The molecule has 0 aromatic carbocycles. The normalized spacial score (nSPS) is 10.6. The van der Waals surface area contributed by atoms with Gasteiger partial charge in [0, 0.05) is 16.3 Å². The Bertz CT molecular complexity index is 352. The van der Waals surface area contributed by atoms with Crippen LogP contribution in [0.4, 0.5) is 0 Å². The van der Waals surface area contributed by atoms with Gasteiger partial charge >= 0.3 is 5.97 Å². The Morgan fingerprint density at radius 2 is 2.25 bits per heavy atom. The Hall–Kier alpha value is -0.170. The van der Waals surface area contributed by atoms with Gasteiger partial charge in [-0.3, -0.25) is 0 Å². The summed E-state index contributed by atoms with van der Waals surface area (Å²) in [5.74, 6) is 0.349. The summed E-state index contributed by atoms with van der Waals surface area (Å²) in [4.78, 5) is 10.9. The van der Waals surface area contributed by atoms with E-state index in [9.17, 15) is 4.79 Å². The third-order valence-corrected chi connectivity index (χ3v) is 3.62. The molecule has 0 unspecified atom stereocenters. The second kappa shape index (κ2) is 7.21. The first-order chi connectivity index (χ1) is 7.65. The van der Waals surface area contributed by atoms with E-state index in [1.54, 1.807) is 6.07 Å². The average Bonchev–Trinajstić information content (AvgIpc) is 2.59. The minimum Gasteiger partial charge on any atom is -0.477 e. The molecule has 1 heterocycles. The molecule has 0 saturated carbocycles. The molecule has 0 amide bonds. The van der Waals surface area contributed by atoms with Crippen molar-refractivity contribution in [3.05, 3.63) is 21.5 Å². The van der Waals surface area contributed by atoms with Gasteiger partial charge in [0.1, 0.15) is 5.69 Å². The Labute approximate surface area is 114 Å². The molecular weight excluding hydrogens is 337 g/mol. The highest BCUT2D eigenvalue weighted by Crippen LogP contribution is 2.13. The summed E-state index contributed by atoms with van der Waals surface area (Å²) in [5, 5.41) is 8.99. The number of thioether (sulfide) groups is 1. The fourth-order valence-corrected chi connectivity index (χ4v) is 2.67. The van der Waals surface area contributed by atoms with Crippen LogP contribution in [-0.4, -0.2) is 27.7 Å². The highest BCUT2D eigenvalue weighted by atomic mass is 127. The summed E-state index contributed by atoms with van der Waals surface area (Å²) < 4.78 is 2.82. The van der Waals surface area contributed by atoms with Crippen LogP contribution in [0.25, 0.3) is 0 Å². The Morgan fingerprint density at radius 1 is 1.50 bits per heavy atom. The number of carboxylic acid groups (broad SMARTS) is 1. The summed E-state index contributed by atoms with van der Waals surface area (Å²) in [7, 11) is 0. The molecular formula is C11H16INO2S. The molecule has 0 fully saturated rings. The van der Waals surface area contributed by atoms with Crippen LogP contribution in [0.1, 0.15) is 29.8 Å². The van der Waals surface area contributed by atoms with E-state index in [1.807, 2.05) is 22.5 Å². The van der Waals surface area contributed by atoms with Crippen molar-refractivity contribution in [2.24, 2.45) is 0 Å². The first-order valence-electron chi connectivity index (χ1n) is 5.23. The molecule has 0 spiro atoms. The standard InChI is InChI=1S/C11H16INO2S/c1-16-6-4-2-3-5-13-8-9(12)7-10(13)11(14)15/h7-8H,2-6H2,1H3,(H,14,15). The Balaban J connectivity index is 2.44. The molecule has 0 bridgehead atoms. The summed E-state index contributed by atoms with van der Waals surface area (Å²) in [5.41, 5.74) is 0.397. The molecule has 0 radical (unpaired) electrons. The number of hydrogen-bond donors (Lipinski definition) is 1. The second-order valence-electron chi connectivity index (χ2n) is 3.60. The summed E-state index contributed by atoms with van der Waals surface area (Å²) in [6, 6.07) is 1.71. The number of aromatic carboxylic acids is 1. The molecule has 16 heavy (non-hydrogen) atoms. The molecule has 1 N–H and O–H groups in total. The fourth-order valence-electron chi connectivity index (χ4n) is 1.54. The van der Waals surface area contributed by atoms with E-state index >= 15 is 0 Å². The molecule has 3 nitrogen and oxygen atoms in total. The second-order valence-corrected chi connectivity index (χ2v) is 5.83. The van der Waals surface area contributed by atoms with E-state index in [4.69, 9.17) is 5.11 Å². The third-order valence-electron chi connectivity index (χ3n) is 2.33. The number of carboxylic acids is 1. The van der Waals surface area contributed by atoms with Crippen LogP contribution < -0.4 is 0 Å². The Kier molecular flexibility index (Phi) is 6.26. The zero-order valence-corrected chi connectivity index (χ0v) is 12.3. The molecule has 0 saturated heterocycles. The highest BCUT2D eigenvalue weighted by molar-refractivity contribution is 14.1. The fraction of sp³-hybridized carbons (Fsp3) is 0.545. The highest BCUT2D eigenvalue weighted by Gasteiger charge is 2.10. The number of halogens is 1. The van der Waals surface area contributed by atoms with E-state index < -0.39 is 5.97 Å². The Morgan fingerprint density at radius 3 is 2.88 bits per heavy atom. The van der Waals surface area contributed by atoms with Gasteiger partial charge in [-0.1, -0.05) is 6.42 Å². The van der Waals surface area contributed by atoms with Gasteiger partial charge in [-0.25, -0.2) is 4.79 Å². The zero-order valence-electron chi connectivity index (χ0n) is 9.28. The lowest BCUT2D eigenvalue weighted by atomic mass is 10.2. The molecule has 1 rings (SSSR count). The van der Waals surface area contributed by atoms with Gasteiger partial charge in [-0.2, -0.15) is 11.8 Å². The van der Waals surface area contributed by atoms with Crippen LogP contribution in [0.3, 0.4) is 0 Å². The summed E-state index contributed by atoms with van der Waals surface area (Å²) in [6.45, 7) is 0.805. The third kappa shape index (κ3) is 4.37. The monoisotopic (exact) mass is 353 g/mol. The quantitative estimate of drug-likeness (QED) is 0.604.